The van der Waals surface area contributed by atoms with Crippen molar-refractivity contribution in [1.29, 1.82) is 0 Å². The van der Waals surface area contributed by atoms with Crippen LogP contribution in [-0.4, -0.2) is 19.2 Å². The van der Waals surface area contributed by atoms with Crippen molar-refractivity contribution < 1.29 is 18.6 Å². The van der Waals surface area contributed by atoms with Gasteiger partial charge >= 0.3 is 6.96 Å². The fraction of sp³-hybridized carbons (Fsp3) is 0.800. The van der Waals surface area contributed by atoms with Gasteiger partial charge in [-0.15, -0.1) is 0 Å². The molecule has 0 aromatic heterocycles. The van der Waals surface area contributed by atoms with Crippen LogP contribution < -0.4 is 0 Å². The van der Waals surface area contributed by atoms with Gasteiger partial charge in [0, 0.05) is 0 Å². The molecule has 2 fully saturated rings. The summed E-state index contributed by atoms with van der Waals surface area (Å²) in [5.41, 5.74) is 0. The molecule has 0 bridgehead atoms. The van der Waals surface area contributed by atoms with Crippen LogP contribution in [0.2, 0.25) is 0 Å². The van der Waals surface area contributed by atoms with E-state index in [-0.39, 0.29) is 12.2 Å². The van der Waals surface area contributed by atoms with Crippen LogP contribution in [-0.2, 0) is 18.6 Å². The zero-order valence-electron chi connectivity index (χ0n) is 9.78. The van der Waals surface area contributed by atoms with Crippen LogP contribution in [0, 0.1) is 12.2 Å². The molecular weight excluding hydrogens is 195 g/mol. The molecule has 2 rings (SSSR count). The molecule has 1 spiro atoms. The second kappa shape index (κ2) is 3.90. The van der Waals surface area contributed by atoms with Crippen molar-refractivity contribution in [2.45, 2.75) is 52.7 Å². The highest BCUT2D eigenvalue weighted by Crippen LogP contribution is 2.36. The average Bonchev–Trinajstić information content (AvgIpc) is 1.96. The third-order valence-electron chi connectivity index (χ3n) is 2.64. The molecule has 2 aliphatic rings. The van der Waals surface area contributed by atoms with E-state index in [0.717, 1.165) is 25.0 Å². The van der Waals surface area contributed by atoms with Gasteiger partial charge in [-0.1, -0.05) is 0 Å². The van der Waals surface area contributed by atoms with E-state index in [1.54, 1.807) is 0 Å². The molecule has 2 saturated heterocycles. The maximum absolute atomic E-state index is 5.68. The SMILES string of the molecule is C[C+]1CC(C)O[B-]2(O1)O[C+](C)CC(C)O2. The summed E-state index contributed by atoms with van der Waals surface area (Å²) in [5, 5.41) is 0. The van der Waals surface area contributed by atoms with E-state index in [9.17, 15) is 0 Å². The van der Waals surface area contributed by atoms with Gasteiger partial charge < -0.3 is 18.6 Å². The topological polar surface area (TPSA) is 36.9 Å². The summed E-state index contributed by atoms with van der Waals surface area (Å²) < 4.78 is 22.6. The highest BCUT2D eigenvalue weighted by Gasteiger charge is 2.54. The van der Waals surface area contributed by atoms with Crippen molar-refractivity contribution in [2.24, 2.45) is 0 Å². The molecule has 15 heavy (non-hydrogen) atoms. The molecule has 0 radical (unpaired) electrons. The first kappa shape index (κ1) is 11.1. The van der Waals surface area contributed by atoms with E-state index in [1.807, 2.05) is 27.7 Å². The first-order chi connectivity index (χ1) is 6.99. The van der Waals surface area contributed by atoms with Gasteiger partial charge in [0.2, 0.25) is 0 Å². The quantitative estimate of drug-likeness (QED) is 0.456. The molecule has 5 heteroatoms. The lowest BCUT2D eigenvalue weighted by Gasteiger charge is -2.44. The predicted molar refractivity (Wildman–Crippen MR) is 56.1 cm³/mol. The van der Waals surface area contributed by atoms with Gasteiger partial charge in [-0.25, -0.2) is 0 Å². The minimum atomic E-state index is -2.03. The first-order valence-electron chi connectivity index (χ1n) is 5.50. The molecule has 2 atom stereocenters. The lowest BCUT2D eigenvalue weighted by atomic mass is 9.93. The Hall–Kier alpha value is -0.355. The van der Waals surface area contributed by atoms with Crippen LogP contribution in [0.15, 0.2) is 0 Å². The largest absolute Gasteiger partial charge is 0.611 e. The number of hydrogen-bond acceptors (Lipinski definition) is 4. The predicted octanol–water partition coefficient (Wildman–Crippen LogP) is 2.18. The van der Waals surface area contributed by atoms with Crippen LogP contribution >= 0.6 is 0 Å². The fourth-order valence-corrected chi connectivity index (χ4v) is 2.23. The Morgan fingerprint density at radius 3 is 1.67 bits per heavy atom. The Kier molecular flexibility index (Phi) is 2.90. The van der Waals surface area contributed by atoms with Crippen molar-refractivity contribution in [1.82, 2.24) is 0 Å². The van der Waals surface area contributed by atoms with Crippen molar-refractivity contribution in [3.05, 3.63) is 12.2 Å². The third kappa shape index (κ3) is 2.42. The van der Waals surface area contributed by atoms with Crippen molar-refractivity contribution >= 4 is 6.96 Å². The second-order valence-corrected chi connectivity index (χ2v) is 4.52. The van der Waals surface area contributed by atoms with Gasteiger partial charge in [-0.3, -0.25) is 0 Å². The molecule has 0 saturated carbocycles. The molecular formula is C10H18BO4+. The zero-order chi connectivity index (χ0) is 11.1. The van der Waals surface area contributed by atoms with E-state index in [4.69, 9.17) is 18.6 Å². The normalized spacial score (nSPS) is 42.4. The molecule has 4 nitrogen and oxygen atoms in total. The minimum absolute atomic E-state index is 0.0804. The van der Waals surface area contributed by atoms with Gasteiger partial charge in [0.15, 0.2) is 12.2 Å². The molecule has 84 valence electrons. The standard InChI is InChI=1S/C10H18BO4/c1-7-5-8(2)13-11(12-7)14-9(3)6-10(4)15-11/h7,9H,5-6H2,1-4H3/q+1. The van der Waals surface area contributed by atoms with Crippen LogP contribution in [0.25, 0.3) is 0 Å². The van der Waals surface area contributed by atoms with Crippen molar-refractivity contribution in [3.63, 3.8) is 0 Å². The Bertz CT molecular complexity index is 188. The maximum atomic E-state index is 5.68. The zero-order valence-corrected chi connectivity index (χ0v) is 9.78. The van der Waals surface area contributed by atoms with E-state index in [0.29, 0.717) is 0 Å². The maximum Gasteiger partial charge on any atom is 0.611 e. The fourth-order valence-electron chi connectivity index (χ4n) is 2.23. The Labute approximate surface area is 91.3 Å². The van der Waals surface area contributed by atoms with Crippen LogP contribution in [0.1, 0.15) is 40.5 Å². The molecule has 2 unspecified atom stereocenters. The highest BCUT2D eigenvalue weighted by molar-refractivity contribution is 6.54. The van der Waals surface area contributed by atoms with E-state index < -0.39 is 6.96 Å². The smallest absolute Gasteiger partial charge is 0.509 e. The summed E-state index contributed by atoms with van der Waals surface area (Å²) in [4.78, 5) is 0. The first-order valence-corrected chi connectivity index (χ1v) is 5.50. The van der Waals surface area contributed by atoms with E-state index >= 15 is 0 Å². The second-order valence-electron chi connectivity index (χ2n) is 4.52. The summed E-state index contributed by atoms with van der Waals surface area (Å²) >= 11 is 0. The van der Waals surface area contributed by atoms with E-state index in [1.165, 1.54) is 0 Å². The Balaban J connectivity index is 2.10. The van der Waals surface area contributed by atoms with Crippen molar-refractivity contribution in [3.8, 4) is 0 Å². The van der Waals surface area contributed by atoms with Gasteiger partial charge in [-0.05, 0) is 13.8 Å². The molecule has 0 N–H and O–H groups in total. The van der Waals surface area contributed by atoms with Gasteiger partial charge in [0.25, 0.3) is 0 Å². The summed E-state index contributed by atoms with van der Waals surface area (Å²) in [6, 6.07) is 0. The minimum Gasteiger partial charge on any atom is -0.509 e. The summed E-state index contributed by atoms with van der Waals surface area (Å²) in [6.45, 7) is 5.83. The molecule has 0 aromatic rings. The number of rotatable bonds is 0. The summed E-state index contributed by atoms with van der Waals surface area (Å²) in [6.07, 6.45) is 3.58. The van der Waals surface area contributed by atoms with Crippen LogP contribution in [0.3, 0.4) is 0 Å². The molecule has 0 aliphatic carbocycles. The Morgan fingerprint density at radius 2 is 1.33 bits per heavy atom. The molecule has 2 heterocycles. The van der Waals surface area contributed by atoms with Gasteiger partial charge in [0.1, 0.15) is 26.7 Å². The lowest BCUT2D eigenvalue weighted by molar-refractivity contribution is -0.114. The van der Waals surface area contributed by atoms with Gasteiger partial charge in [-0.2, -0.15) is 0 Å². The van der Waals surface area contributed by atoms with Crippen molar-refractivity contribution in [2.75, 3.05) is 0 Å². The van der Waals surface area contributed by atoms with Gasteiger partial charge in [0.05, 0.1) is 12.2 Å². The number of hydrogen-bond donors (Lipinski definition) is 0. The lowest BCUT2D eigenvalue weighted by Crippen LogP contribution is -2.59. The van der Waals surface area contributed by atoms with Crippen LogP contribution in [0.4, 0.5) is 0 Å². The monoisotopic (exact) mass is 213 g/mol. The highest BCUT2D eigenvalue weighted by atomic mass is 16.9. The average molecular weight is 213 g/mol. The van der Waals surface area contributed by atoms with E-state index in [2.05, 4.69) is 0 Å². The molecule has 0 aromatic carbocycles. The third-order valence-corrected chi connectivity index (χ3v) is 2.64. The summed E-state index contributed by atoms with van der Waals surface area (Å²) in [5.74, 6) is 0. The molecule has 2 aliphatic heterocycles. The molecule has 0 amide bonds. The summed E-state index contributed by atoms with van der Waals surface area (Å²) in [7, 11) is 0. The van der Waals surface area contributed by atoms with Crippen LogP contribution in [0.5, 0.6) is 0 Å². The Morgan fingerprint density at radius 1 is 0.933 bits per heavy atom.